The molecule has 0 saturated heterocycles. The van der Waals surface area contributed by atoms with E-state index < -0.39 is 0 Å². The average Bonchev–Trinajstić information content (AvgIpc) is 2.35. The molecule has 0 aromatic carbocycles. The number of allylic oxidation sites excluding steroid dienone is 2. The van der Waals surface area contributed by atoms with Crippen LogP contribution in [0.3, 0.4) is 0 Å². The molecule has 1 fully saturated rings. The molecule has 0 spiro atoms. The molecule has 4 atom stereocenters. The van der Waals surface area contributed by atoms with E-state index in [1.807, 2.05) is 0 Å². The Morgan fingerprint density at radius 1 is 1.15 bits per heavy atom. The molecule has 4 unspecified atom stereocenters. The number of hydrogen-bond acceptors (Lipinski definition) is 1. The molecule has 1 heteroatoms. The maximum atomic E-state index is 4.28. The van der Waals surface area contributed by atoms with Crippen molar-refractivity contribution in [1.29, 1.82) is 0 Å². The summed E-state index contributed by atoms with van der Waals surface area (Å²) in [5.74, 6) is 2.85. The molecule has 0 radical (unpaired) electrons. The Labute approximate surface area is 126 Å². The van der Waals surface area contributed by atoms with Crippen LogP contribution in [0.25, 0.3) is 0 Å². The summed E-state index contributed by atoms with van der Waals surface area (Å²) in [6, 6.07) is 0.620. The standard InChI is InChI=1S/C19H35N/c1-13(2)8-9-15(5)17(7)20-18-10-11-19(14(3)4)16(6)12-18/h13,15-16,18-20H,3,7-12H2,1-2,4-6H3. The largest absolute Gasteiger partial charge is 0.386 e. The maximum Gasteiger partial charge on any atom is 0.0261 e. The lowest BCUT2D eigenvalue weighted by Gasteiger charge is -2.36. The molecule has 20 heavy (non-hydrogen) atoms. The van der Waals surface area contributed by atoms with Gasteiger partial charge in [0, 0.05) is 11.7 Å². The van der Waals surface area contributed by atoms with E-state index in [-0.39, 0.29) is 0 Å². The highest BCUT2D eigenvalue weighted by molar-refractivity contribution is 5.04. The molecule has 1 aliphatic carbocycles. The van der Waals surface area contributed by atoms with Gasteiger partial charge in [-0.1, -0.05) is 52.8 Å². The molecular weight excluding hydrogens is 242 g/mol. The zero-order valence-corrected chi connectivity index (χ0v) is 14.3. The van der Waals surface area contributed by atoms with Crippen molar-refractivity contribution < 1.29 is 0 Å². The second kappa shape index (κ2) is 7.90. The molecule has 0 amide bonds. The van der Waals surface area contributed by atoms with Crippen LogP contribution in [0, 0.1) is 23.7 Å². The zero-order chi connectivity index (χ0) is 15.3. The first-order chi connectivity index (χ1) is 9.31. The maximum absolute atomic E-state index is 4.28. The van der Waals surface area contributed by atoms with Gasteiger partial charge in [0.1, 0.15) is 0 Å². The van der Waals surface area contributed by atoms with Crippen LogP contribution < -0.4 is 5.32 Å². The van der Waals surface area contributed by atoms with Crippen LogP contribution in [-0.2, 0) is 0 Å². The molecule has 1 aliphatic rings. The van der Waals surface area contributed by atoms with Crippen molar-refractivity contribution in [2.45, 2.75) is 72.8 Å². The van der Waals surface area contributed by atoms with Crippen molar-refractivity contribution in [3.05, 3.63) is 24.4 Å². The van der Waals surface area contributed by atoms with Gasteiger partial charge < -0.3 is 5.32 Å². The number of rotatable bonds is 7. The van der Waals surface area contributed by atoms with E-state index in [9.17, 15) is 0 Å². The average molecular weight is 277 g/mol. The molecule has 1 rings (SSSR count). The summed E-state index contributed by atoms with van der Waals surface area (Å²) in [7, 11) is 0. The Balaban J connectivity index is 2.38. The topological polar surface area (TPSA) is 12.0 Å². The third-order valence-corrected chi connectivity index (χ3v) is 4.96. The third kappa shape index (κ3) is 5.34. The van der Waals surface area contributed by atoms with Crippen molar-refractivity contribution in [3.8, 4) is 0 Å². The highest BCUT2D eigenvalue weighted by Gasteiger charge is 2.28. The first kappa shape index (κ1) is 17.3. The quantitative estimate of drug-likeness (QED) is 0.602. The summed E-state index contributed by atoms with van der Waals surface area (Å²) in [5, 5.41) is 3.71. The second-order valence-electron chi connectivity index (χ2n) is 7.48. The van der Waals surface area contributed by atoms with Gasteiger partial charge in [-0.25, -0.2) is 0 Å². The highest BCUT2D eigenvalue weighted by atomic mass is 14.9. The fraction of sp³-hybridized carbons (Fsp3) is 0.789. The first-order valence-electron chi connectivity index (χ1n) is 8.42. The monoisotopic (exact) mass is 277 g/mol. The summed E-state index contributed by atoms with van der Waals surface area (Å²) >= 11 is 0. The molecule has 1 saturated carbocycles. The third-order valence-electron chi connectivity index (χ3n) is 4.96. The van der Waals surface area contributed by atoms with E-state index in [0.717, 1.165) is 17.8 Å². The van der Waals surface area contributed by atoms with Gasteiger partial charge in [-0.15, -0.1) is 0 Å². The summed E-state index contributed by atoms with van der Waals surface area (Å²) in [6.45, 7) is 19.9. The lowest BCUT2D eigenvalue weighted by molar-refractivity contribution is 0.243. The molecule has 0 heterocycles. The van der Waals surface area contributed by atoms with Crippen LogP contribution in [0.1, 0.15) is 66.7 Å². The van der Waals surface area contributed by atoms with E-state index in [1.54, 1.807) is 0 Å². The molecule has 116 valence electrons. The first-order valence-corrected chi connectivity index (χ1v) is 8.42. The predicted molar refractivity (Wildman–Crippen MR) is 90.6 cm³/mol. The van der Waals surface area contributed by atoms with Crippen LogP contribution in [0.5, 0.6) is 0 Å². The molecule has 0 aliphatic heterocycles. The summed E-state index contributed by atoms with van der Waals surface area (Å²) < 4.78 is 0. The van der Waals surface area contributed by atoms with E-state index in [4.69, 9.17) is 0 Å². The van der Waals surface area contributed by atoms with Crippen molar-refractivity contribution >= 4 is 0 Å². The molecular formula is C19H35N. The minimum Gasteiger partial charge on any atom is -0.386 e. The van der Waals surface area contributed by atoms with Gasteiger partial charge in [0.15, 0.2) is 0 Å². The van der Waals surface area contributed by atoms with Gasteiger partial charge in [0.25, 0.3) is 0 Å². The van der Waals surface area contributed by atoms with Crippen molar-refractivity contribution in [2.75, 3.05) is 0 Å². The molecule has 1 N–H and O–H groups in total. The van der Waals surface area contributed by atoms with Gasteiger partial charge in [-0.2, -0.15) is 0 Å². The Bertz CT molecular complexity index is 329. The van der Waals surface area contributed by atoms with Crippen LogP contribution in [0.2, 0.25) is 0 Å². The van der Waals surface area contributed by atoms with Crippen molar-refractivity contribution in [2.24, 2.45) is 23.7 Å². The van der Waals surface area contributed by atoms with E-state index in [2.05, 4.69) is 53.1 Å². The van der Waals surface area contributed by atoms with E-state index in [1.165, 1.54) is 43.4 Å². The molecule has 0 bridgehead atoms. The number of nitrogens with one attached hydrogen (secondary N) is 1. The van der Waals surface area contributed by atoms with Crippen molar-refractivity contribution in [1.82, 2.24) is 5.32 Å². The Morgan fingerprint density at radius 3 is 2.30 bits per heavy atom. The van der Waals surface area contributed by atoms with Gasteiger partial charge in [0.2, 0.25) is 0 Å². The van der Waals surface area contributed by atoms with Crippen LogP contribution in [0.15, 0.2) is 24.4 Å². The SMILES string of the molecule is C=C(NC1CCC(C(=C)C)C(C)C1)C(C)CCC(C)C. The fourth-order valence-electron chi connectivity index (χ4n) is 3.42. The Morgan fingerprint density at radius 2 is 1.80 bits per heavy atom. The highest BCUT2D eigenvalue weighted by Crippen LogP contribution is 2.34. The predicted octanol–water partition coefficient (Wildman–Crippen LogP) is 5.54. The lowest BCUT2D eigenvalue weighted by atomic mass is 9.75. The van der Waals surface area contributed by atoms with E-state index >= 15 is 0 Å². The van der Waals surface area contributed by atoms with Crippen molar-refractivity contribution in [3.63, 3.8) is 0 Å². The minimum atomic E-state index is 0.589. The lowest BCUT2D eigenvalue weighted by Crippen LogP contribution is -2.37. The zero-order valence-electron chi connectivity index (χ0n) is 14.3. The molecule has 1 nitrogen and oxygen atoms in total. The fourth-order valence-corrected chi connectivity index (χ4v) is 3.42. The Kier molecular flexibility index (Phi) is 6.85. The van der Waals surface area contributed by atoms with E-state index in [0.29, 0.717) is 12.0 Å². The van der Waals surface area contributed by atoms with Gasteiger partial charge in [-0.3, -0.25) is 0 Å². The number of hydrogen-bond donors (Lipinski definition) is 1. The van der Waals surface area contributed by atoms with Gasteiger partial charge in [0.05, 0.1) is 0 Å². The van der Waals surface area contributed by atoms with Crippen LogP contribution >= 0.6 is 0 Å². The van der Waals surface area contributed by atoms with Gasteiger partial charge in [-0.05, 0) is 56.3 Å². The van der Waals surface area contributed by atoms with Crippen LogP contribution in [0.4, 0.5) is 0 Å². The summed E-state index contributed by atoms with van der Waals surface area (Å²) in [5.41, 5.74) is 2.61. The van der Waals surface area contributed by atoms with Gasteiger partial charge >= 0.3 is 0 Å². The summed E-state index contributed by atoms with van der Waals surface area (Å²) in [6.07, 6.45) is 6.34. The molecule has 0 aromatic rings. The Hall–Kier alpha value is -0.720. The minimum absolute atomic E-state index is 0.589. The van der Waals surface area contributed by atoms with Crippen LogP contribution in [-0.4, -0.2) is 6.04 Å². The normalized spacial score (nSPS) is 28.2. The molecule has 0 aromatic heterocycles. The smallest absolute Gasteiger partial charge is 0.0261 e. The summed E-state index contributed by atoms with van der Waals surface area (Å²) in [4.78, 5) is 0. The second-order valence-corrected chi connectivity index (χ2v) is 7.48.